The SMILES string of the molecule is COc1ccc(Cn2cncc2CCl)cc1.Cl. The second-order valence-electron chi connectivity index (χ2n) is 3.49. The number of rotatable bonds is 4. The number of aromatic nitrogens is 2. The van der Waals surface area contributed by atoms with E-state index in [9.17, 15) is 0 Å². The monoisotopic (exact) mass is 272 g/mol. The molecular formula is C12H14Cl2N2O. The van der Waals surface area contributed by atoms with E-state index in [1.807, 2.05) is 28.8 Å². The predicted molar refractivity (Wildman–Crippen MR) is 71.1 cm³/mol. The number of imidazole rings is 1. The summed E-state index contributed by atoms with van der Waals surface area (Å²) in [5.41, 5.74) is 2.22. The third-order valence-corrected chi connectivity index (χ3v) is 2.72. The van der Waals surface area contributed by atoms with Crippen molar-refractivity contribution in [1.29, 1.82) is 0 Å². The normalized spacial score (nSPS) is 9.76. The van der Waals surface area contributed by atoms with Crippen LogP contribution in [0.25, 0.3) is 0 Å². The molecule has 0 saturated heterocycles. The summed E-state index contributed by atoms with van der Waals surface area (Å²) in [6, 6.07) is 7.98. The first kappa shape index (κ1) is 13.9. The van der Waals surface area contributed by atoms with Crippen molar-refractivity contribution in [3.63, 3.8) is 0 Å². The Bertz CT molecular complexity index is 454. The van der Waals surface area contributed by atoms with Crippen molar-refractivity contribution in [3.8, 4) is 5.75 Å². The average molecular weight is 273 g/mol. The standard InChI is InChI=1S/C12H13ClN2O.ClH/c1-16-12-4-2-10(3-5-12)8-15-9-14-7-11(15)6-13;/h2-5,7,9H,6,8H2,1H3;1H. The molecule has 17 heavy (non-hydrogen) atoms. The van der Waals surface area contributed by atoms with Crippen molar-refractivity contribution in [1.82, 2.24) is 9.55 Å². The summed E-state index contributed by atoms with van der Waals surface area (Å²) in [5, 5.41) is 0. The summed E-state index contributed by atoms with van der Waals surface area (Å²) in [7, 11) is 1.66. The Morgan fingerprint density at radius 1 is 1.29 bits per heavy atom. The van der Waals surface area contributed by atoms with E-state index in [-0.39, 0.29) is 12.4 Å². The molecule has 3 nitrogen and oxygen atoms in total. The van der Waals surface area contributed by atoms with Gasteiger partial charge in [0.05, 0.1) is 25.0 Å². The molecule has 0 atom stereocenters. The Balaban J connectivity index is 0.00000144. The van der Waals surface area contributed by atoms with Crippen LogP contribution in [0.15, 0.2) is 36.8 Å². The van der Waals surface area contributed by atoms with Crippen molar-refractivity contribution in [2.45, 2.75) is 12.4 Å². The summed E-state index contributed by atoms with van der Waals surface area (Å²) in [6.07, 6.45) is 3.58. The van der Waals surface area contributed by atoms with Gasteiger partial charge in [-0.25, -0.2) is 4.98 Å². The number of ether oxygens (including phenoxy) is 1. The molecule has 0 bridgehead atoms. The van der Waals surface area contributed by atoms with Crippen molar-refractivity contribution < 1.29 is 4.74 Å². The molecule has 0 fully saturated rings. The van der Waals surface area contributed by atoms with E-state index in [2.05, 4.69) is 4.98 Å². The molecule has 1 aromatic heterocycles. The van der Waals surface area contributed by atoms with Crippen molar-refractivity contribution in [2.75, 3.05) is 7.11 Å². The Morgan fingerprint density at radius 3 is 2.59 bits per heavy atom. The largest absolute Gasteiger partial charge is 0.497 e. The minimum atomic E-state index is 0. The zero-order valence-electron chi connectivity index (χ0n) is 9.47. The maximum absolute atomic E-state index is 5.81. The molecule has 0 spiro atoms. The van der Waals surface area contributed by atoms with Crippen LogP contribution in [-0.2, 0) is 12.4 Å². The van der Waals surface area contributed by atoms with Gasteiger partial charge in [-0.1, -0.05) is 12.1 Å². The lowest BCUT2D eigenvalue weighted by Gasteiger charge is -2.07. The van der Waals surface area contributed by atoms with Gasteiger partial charge < -0.3 is 9.30 Å². The lowest BCUT2D eigenvalue weighted by atomic mass is 10.2. The molecule has 0 aliphatic heterocycles. The maximum atomic E-state index is 5.81. The van der Waals surface area contributed by atoms with Crippen molar-refractivity contribution in [3.05, 3.63) is 48.0 Å². The molecule has 2 aromatic rings. The molecule has 0 amide bonds. The molecule has 1 heterocycles. The van der Waals surface area contributed by atoms with Gasteiger partial charge in [0, 0.05) is 12.7 Å². The van der Waals surface area contributed by atoms with Crippen LogP contribution >= 0.6 is 24.0 Å². The van der Waals surface area contributed by atoms with Crippen molar-refractivity contribution >= 4 is 24.0 Å². The van der Waals surface area contributed by atoms with E-state index in [1.54, 1.807) is 19.6 Å². The third-order valence-electron chi connectivity index (χ3n) is 2.45. The highest BCUT2D eigenvalue weighted by atomic mass is 35.5. The number of nitrogens with zero attached hydrogens (tertiary/aromatic N) is 2. The Morgan fingerprint density at radius 2 is 2.00 bits per heavy atom. The number of hydrogen-bond acceptors (Lipinski definition) is 2. The number of halogens is 2. The fourth-order valence-corrected chi connectivity index (χ4v) is 1.75. The molecular weight excluding hydrogens is 259 g/mol. The molecule has 1 aromatic carbocycles. The van der Waals surface area contributed by atoms with Crippen LogP contribution in [0.1, 0.15) is 11.3 Å². The second-order valence-corrected chi connectivity index (χ2v) is 3.76. The summed E-state index contributed by atoms with van der Waals surface area (Å²) in [4.78, 5) is 4.08. The molecule has 92 valence electrons. The van der Waals surface area contributed by atoms with Crippen LogP contribution in [0, 0.1) is 0 Å². The summed E-state index contributed by atoms with van der Waals surface area (Å²) < 4.78 is 7.15. The van der Waals surface area contributed by atoms with Gasteiger partial charge in [0.25, 0.3) is 0 Å². The number of hydrogen-bond donors (Lipinski definition) is 0. The fourth-order valence-electron chi connectivity index (χ4n) is 1.53. The maximum Gasteiger partial charge on any atom is 0.118 e. The van der Waals surface area contributed by atoms with E-state index in [4.69, 9.17) is 16.3 Å². The Labute approximate surface area is 112 Å². The number of alkyl halides is 1. The molecule has 5 heteroatoms. The topological polar surface area (TPSA) is 27.1 Å². The molecule has 2 rings (SSSR count). The molecule has 0 unspecified atom stereocenters. The lowest BCUT2D eigenvalue weighted by Crippen LogP contribution is -2.01. The molecule has 0 saturated carbocycles. The van der Waals surface area contributed by atoms with E-state index < -0.39 is 0 Å². The van der Waals surface area contributed by atoms with Gasteiger partial charge in [0.15, 0.2) is 0 Å². The number of methoxy groups -OCH3 is 1. The fraction of sp³-hybridized carbons (Fsp3) is 0.250. The van der Waals surface area contributed by atoms with Gasteiger partial charge in [-0.15, -0.1) is 24.0 Å². The highest BCUT2D eigenvalue weighted by Gasteiger charge is 2.01. The van der Waals surface area contributed by atoms with Gasteiger partial charge in [-0.3, -0.25) is 0 Å². The Hall–Kier alpha value is -1.19. The van der Waals surface area contributed by atoms with Gasteiger partial charge >= 0.3 is 0 Å². The van der Waals surface area contributed by atoms with Gasteiger partial charge in [0.1, 0.15) is 5.75 Å². The second kappa shape index (κ2) is 6.52. The van der Waals surface area contributed by atoms with Gasteiger partial charge in [-0.2, -0.15) is 0 Å². The van der Waals surface area contributed by atoms with E-state index in [0.29, 0.717) is 5.88 Å². The average Bonchev–Trinajstić information content (AvgIpc) is 2.77. The molecule has 0 aliphatic carbocycles. The molecule has 0 N–H and O–H groups in total. The first-order chi connectivity index (χ1) is 7.83. The highest BCUT2D eigenvalue weighted by Crippen LogP contribution is 2.13. The quantitative estimate of drug-likeness (QED) is 0.800. The van der Waals surface area contributed by atoms with Crippen LogP contribution in [0.5, 0.6) is 5.75 Å². The minimum Gasteiger partial charge on any atom is -0.497 e. The van der Waals surface area contributed by atoms with Gasteiger partial charge in [0.2, 0.25) is 0 Å². The van der Waals surface area contributed by atoms with Crippen LogP contribution in [0.2, 0.25) is 0 Å². The van der Waals surface area contributed by atoms with Crippen LogP contribution in [0.3, 0.4) is 0 Å². The van der Waals surface area contributed by atoms with E-state index in [0.717, 1.165) is 18.0 Å². The van der Waals surface area contributed by atoms with E-state index in [1.165, 1.54) is 5.56 Å². The number of benzene rings is 1. The van der Waals surface area contributed by atoms with Gasteiger partial charge in [-0.05, 0) is 17.7 Å². The minimum absolute atomic E-state index is 0. The van der Waals surface area contributed by atoms with Crippen LogP contribution < -0.4 is 4.74 Å². The predicted octanol–water partition coefficient (Wildman–Crippen LogP) is 3.10. The van der Waals surface area contributed by atoms with Crippen LogP contribution in [-0.4, -0.2) is 16.7 Å². The Kier molecular flexibility index (Phi) is 5.32. The first-order valence-electron chi connectivity index (χ1n) is 5.01. The van der Waals surface area contributed by atoms with Crippen LogP contribution in [0.4, 0.5) is 0 Å². The highest BCUT2D eigenvalue weighted by molar-refractivity contribution is 6.16. The first-order valence-corrected chi connectivity index (χ1v) is 5.55. The van der Waals surface area contributed by atoms with Crippen molar-refractivity contribution in [2.24, 2.45) is 0 Å². The van der Waals surface area contributed by atoms with E-state index >= 15 is 0 Å². The lowest BCUT2D eigenvalue weighted by molar-refractivity contribution is 0.414. The molecule has 0 radical (unpaired) electrons. The third kappa shape index (κ3) is 3.38. The summed E-state index contributed by atoms with van der Waals surface area (Å²) >= 11 is 5.81. The summed E-state index contributed by atoms with van der Waals surface area (Å²) in [6.45, 7) is 0.784. The molecule has 0 aliphatic rings. The summed E-state index contributed by atoms with van der Waals surface area (Å²) in [5.74, 6) is 1.35. The zero-order chi connectivity index (χ0) is 11.4. The smallest absolute Gasteiger partial charge is 0.118 e. The zero-order valence-corrected chi connectivity index (χ0v) is 11.0.